The molecule has 1 heterocycles. The van der Waals surface area contributed by atoms with Crippen molar-refractivity contribution in [3.63, 3.8) is 0 Å². The van der Waals surface area contributed by atoms with Crippen molar-refractivity contribution in [2.24, 2.45) is 0 Å². The summed E-state index contributed by atoms with van der Waals surface area (Å²) in [6.07, 6.45) is 0. The number of amides is 3. The zero-order valence-electron chi connectivity index (χ0n) is 9.22. The molecule has 1 aliphatic heterocycles. The number of likely N-dealkylation sites (N-methyl/N-ethyl adjacent to an activating group) is 1. The maximum atomic E-state index is 11.6. The second-order valence-electron chi connectivity index (χ2n) is 3.73. The van der Waals surface area contributed by atoms with Gasteiger partial charge in [-0.3, -0.25) is 4.79 Å². The van der Waals surface area contributed by atoms with Gasteiger partial charge in [0.25, 0.3) is 5.91 Å². The van der Waals surface area contributed by atoms with E-state index < -0.39 is 0 Å². The lowest BCUT2D eigenvalue weighted by atomic mass is 10.2. The molecule has 0 aliphatic carbocycles. The number of carbonyl (C=O) groups is 2. The molecule has 0 N–H and O–H groups in total. The zero-order valence-corrected chi connectivity index (χ0v) is 11.6. The lowest BCUT2D eigenvalue weighted by molar-refractivity contribution is -0.121. The maximum absolute atomic E-state index is 11.6. The van der Waals surface area contributed by atoms with Gasteiger partial charge < -0.3 is 4.90 Å². The third-order valence-corrected chi connectivity index (χ3v) is 3.98. The topological polar surface area (TPSA) is 40.6 Å². The molecule has 1 fully saturated rings. The van der Waals surface area contributed by atoms with Gasteiger partial charge >= 0.3 is 6.03 Å². The number of carbonyl (C=O) groups excluding carboxylic acids is 2. The van der Waals surface area contributed by atoms with E-state index in [2.05, 4.69) is 15.9 Å². The number of benzene rings is 1. The van der Waals surface area contributed by atoms with Gasteiger partial charge in [-0.2, -0.15) is 0 Å². The summed E-state index contributed by atoms with van der Waals surface area (Å²) in [6, 6.07) is 7.57. The summed E-state index contributed by atoms with van der Waals surface area (Å²) in [5, 5.41) is 0. The average Bonchev–Trinajstić information content (AvgIpc) is 2.54. The van der Waals surface area contributed by atoms with E-state index in [0.717, 1.165) is 10.0 Å². The Morgan fingerprint density at radius 1 is 1.29 bits per heavy atom. The minimum absolute atomic E-state index is 0.153. The highest BCUT2D eigenvalue weighted by Crippen LogP contribution is 2.23. The molecule has 0 saturated carbocycles. The van der Waals surface area contributed by atoms with Crippen molar-refractivity contribution in [2.45, 2.75) is 5.75 Å². The number of halogens is 1. The number of imide groups is 1. The zero-order chi connectivity index (χ0) is 12.4. The van der Waals surface area contributed by atoms with E-state index in [-0.39, 0.29) is 18.5 Å². The molecule has 0 radical (unpaired) electrons. The fourth-order valence-corrected chi connectivity index (χ4v) is 2.63. The van der Waals surface area contributed by atoms with E-state index in [4.69, 9.17) is 0 Å². The first-order chi connectivity index (χ1) is 8.08. The second kappa shape index (κ2) is 5.10. The number of urea groups is 1. The molecule has 17 heavy (non-hydrogen) atoms. The molecule has 1 aromatic rings. The van der Waals surface area contributed by atoms with Crippen molar-refractivity contribution in [2.75, 3.05) is 13.6 Å². The summed E-state index contributed by atoms with van der Waals surface area (Å²) in [5.74, 6) is 0.457. The Bertz CT molecular complexity index is 449. The third kappa shape index (κ3) is 2.81. The molecule has 90 valence electrons. The molecule has 2 rings (SSSR count). The Morgan fingerprint density at radius 2 is 1.94 bits per heavy atom. The molecule has 3 amide bonds. The fourth-order valence-electron chi connectivity index (χ4n) is 1.44. The highest BCUT2D eigenvalue weighted by atomic mass is 79.9. The van der Waals surface area contributed by atoms with Crippen LogP contribution >= 0.6 is 27.9 Å². The molecular weight excluding hydrogens is 304 g/mol. The number of nitrogens with zero attached hydrogens (tertiary/aromatic N) is 2. The van der Waals surface area contributed by atoms with E-state index in [1.165, 1.54) is 21.2 Å². The van der Waals surface area contributed by atoms with Crippen LogP contribution in [0.2, 0.25) is 0 Å². The Kier molecular flexibility index (Phi) is 3.73. The van der Waals surface area contributed by atoms with Crippen LogP contribution in [0.1, 0.15) is 5.56 Å². The van der Waals surface area contributed by atoms with Gasteiger partial charge in [0.05, 0.1) is 0 Å². The van der Waals surface area contributed by atoms with E-state index in [1.807, 2.05) is 24.3 Å². The molecule has 4 nitrogen and oxygen atoms in total. The molecule has 1 saturated heterocycles. The first-order valence-corrected chi connectivity index (χ1v) is 6.77. The van der Waals surface area contributed by atoms with Crippen molar-refractivity contribution < 1.29 is 9.59 Å². The van der Waals surface area contributed by atoms with Gasteiger partial charge in [-0.25, -0.2) is 9.10 Å². The quantitative estimate of drug-likeness (QED) is 0.636. The minimum atomic E-state index is -0.239. The van der Waals surface area contributed by atoms with E-state index in [0.29, 0.717) is 5.75 Å². The predicted octanol–water partition coefficient (Wildman–Crippen LogP) is 2.49. The lowest BCUT2D eigenvalue weighted by Crippen LogP contribution is -2.25. The summed E-state index contributed by atoms with van der Waals surface area (Å²) in [5.41, 5.74) is 1.08. The van der Waals surface area contributed by atoms with E-state index >= 15 is 0 Å². The highest BCUT2D eigenvalue weighted by molar-refractivity contribution is 9.10. The lowest BCUT2D eigenvalue weighted by Gasteiger charge is -2.12. The van der Waals surface area contributed by atoms with Crippen LogP contribution in [0.3, 0.4) is 0 Å². The van der Waals surface area contributed by atoms with Crippen LogP contribution in [0.5, 0.6) is 0 Å². The van der Waals surface area contributed by atoms with Crippen LogP contribution in [0.4, 0.5) is 4.79 Å². The Balaban J connectivity index is 1.96. The molecule has 1 aromatic carbocycles. The molecular formula is C11H11BrN2O2S. The van der Waals surface area contributed by atoms with Gasteiger partial charge in [-0.15, -0.1) is 0 Å². The Labute approximate surface area is 112 Å². The minimum Gasteiger partial charge on any atom is -0.317 e. The summed E-state index contributed by atoms with van der Waals surface area (Å²) in [4.78, 5) is 24.5. The summed E-state index contributed by atoms with van der Waals surface area (Å²) in [7, 11) is 1.63. The van der Waals surface area contributed by atoms with Crippen LogP contribution in [-0.4, -0.2) is 34.7 Å². The molecule has 0 unspecified atom stereocenters. The Hall–Kier alpha value is -1.01. The SMILES string of the molecule is CN1CC(=O)N(SCc2ccc(Br)cc2)C1=O. The van der Waals surface area contributed by atoms with Crippen LogP contribution in [0.15, 0.2) is 28.7 Å². The van der Waals surface area contributed by atoms with Crippen LogP contribution in [-0.2, 0) is 10.5 Å². The second-order valence-corrected chi connectivity index (χ2v) is 5.55. The normalized spacial score (nSPS) is 15.9. The molecule has 0 aromatic heterocycles. The van der Waals surface area contributed by atoms with Crippen molar-refractivity contribution >= 4 is 39.8 Å². The van der Waals surface area contributed by atoms with Gasteiger partial charge in [0.1, 0.15) is 6.54 Å². The molecule has 1 aliphatic rings. The largest absolute Gasteiger partial charge is 0.337 e. The molecule has 6 heteroatoms. The molecule has 0 bridgehead atoms. The number of hydrogen-bond acceptors (Lipinski definition) is 3. The third-order valence-electron chi connectivity index (χ3n) is 2.37. The van der Waals surface area contributed by atoms with E-state index in [9.17, 15) is 9.59 Å². The number of hydrogen-bond donors (Lipinski definition) is 0. The van der Waals surface area contributed by atoms with Crippen molar-refractivity contribution in [3.05, 3.63) is 34.3 Å². The van der Waals surface area contributed by atoms with Crippen LogP contribution in [0, 0.1) is 0 Å². The van der Waals surface area contributed by atoms with Crippen molar-refractivity contribution in [1.29, 1.82) is 0 Å². The van der Waals surface area contributed by atoms with Crippen LogP contribution in [0.25, 0.3) is 0 Å². The fraction of sp³-hybridized carbons (Fsp3) is 0.273. The van der Waals surface area contributed by atoms with Crippen molar-refractivity contribution in [3.8, 4) is 0 Å². The van der Waals surface area contributed by atoms with Crippen molar-refractivity contribution in [1.82, 2.24) is 9.21 Å². The van der Waals surface area contributed by atoms with Gasteiger partial charge in [0.2, 0.25) is 0 Å². The average molecular weight is 315 g/mol. The molecule has 0 spiro atoms. The Morgan fingerprint density at radius 3 is 2.47 bits per heavy atom. The van der Waals surface area contributed by atoms with E-state index in [1.54, 1.807) is 7.05 Å². The summed E-state index contributed by atoms with van der Waals surface area (Å²) in [6.45, 7) is 0.173. The first-order valence-electron chi connectivity index (χ1n) is 5.03. The highest BCUT2D eigenvalue weighted by Gasteiger charge is 2.34. The number of rotatable bonds is 3. The first kappa shape index (κ1) is 12.4. The van der Waals surface area contributed by atoms with Gasteiger partial charge in [-0.1, -0.05) is 28.1 Å². The summed E-state index contributed by atoms with van der Waals surface area (Å²) < 4.78 is 2.24. The summed E-state index contributed by atoms with van der Waals surface area (Å²) >= 11 is 4.60. The standard InChI is InChI=1S/C11H11BrN2O2S/c1-13-6-10(15)14(11(13)16)17-7-8-2-4-9(12)5-3-8/h2-5H,6-7H2,1H3. The van der Waals surface area contributed by atoms with Gasteiger partial charge in [0.15, 0.2) is 0 Å². The van der Waals surface area contributed by atoms with Gasteiger partial charge in [0, 0.05) is 17.3 Å². The maximum Gasteiger partial charge on any atom is 0.337 e. The monoisotopic (exact) mass is 314 g/mol. The van der Waals surface area contributed by atoms with Crippen LogP contribution < -0.4 is 0 Å². The predicted molar refractivity (Wildman–Crippen MR) is 70.3 cm³/mol. The van der Waals surface area contributed by atoms with Gasteiger partial charge in [-0.05, 0) is 29.6 Å². The molecule has 0 atom stereocenters. The smallest absolute Gasteiger partial charge is 0.317 e.